The monoisotopic (exact) mass is 620 g/mol. The zero-order valence-corrected chi connectivity index (χ0v) is 28.3. The van der Waals surface area contributed by atoms with Gasteiger partial charge in [-0.3, -0.25) is 18.6 Å². The zero-order valence-electron chi connectivity index (χ0n) is 27.4. The van der Waals surface area contributed by atoms with Crippen LogP contribution in [0.15, 0.2) is 0 Å². The summed E-state index contributed by atoms with van der Waals surface area (Å²) in [6.45, 7) is 5.44. The molecular formula is C33H65O8P. The molecule has 8 nitrogen and oxygen atoms in total. The van der Waals surface area contributed by atoms with Crippen LogP contribution in [0.4, 0.5) is 0 Å². The van der Waals surface area contributed by atoms with Crippen LogP contribution in [0.25, 0.3) is 0 Å². The average molecular weight is 621 g/mol. The lowest BCUT2D eigenvalue weighted by Gasteiger charge is -2.19. The molecule has 2 atom stereocenters. The molecule has 250 valence electrons. The first-order valence-electron chi connectivity index (χ1n) is 17.3. The Morgan fingerprint density at radius 3 is 1.33 bits per heavy atom. The third kappa shape index (κ3) is 29.1. The Balaban J connectivity index is 4.17. The fraction of sp³-hybridized carbons (Fsp3) is 0.939. The minimum absolute atomic E-state index is 0.00497. The standard InChI is InChI=1S/C33H65O8P/c1-4-7-9-11-13-15-16-17-18-20-22-24-26-28-33(35)41-31(30-40-42(36,37)39-6-3)29-38-32(34)27-25-23-21-19-14-12-10-8-5-2/h31H,4-30H2,1-3H3,(H,36,37). The molecule has 0 saturated heterocycles. The molecule has 0 bridgehead atoms. The van der Waals surface area contributed by atoms with Gasteiger partial charge in [0, 0.05) is 12.8 Å². The molecular weight excluding hydrogens is 555 g/mol. The van der Waals surface area contributed by atoms with Crippen molar-refractivity contribution in [2.24, 2.45) is 0 Å². The van der Waals surface area contributed by atoms with Gasteiger partial charge in [0.25, 0.3) is 0 Å². The van der Waals surface area contributed by atoms with E-state index in [0.717, 1.165) is 38.5 Å². The highest BCUT2D eigenvalue weighted by atomic mass is 31.2. The highest BCUT2D eigenvalue weighted by Crippen LogP contribution is 2.43. The SMILES string of the molecule is CCCCCCCCCCCCCCCC(=O)OC(COC(=O)CCCCCCCCCCC)COP(=O)(O)OCC. The van der Waals surface area contributed by atoms with Gasteiger partial charge in [0.2, 0.25) is 0 Å². The Bertz CT molecular complexity index is 672. The molecule has 0 heterocycles. The predicted octanol–water partition coefficient (Wildman–Crippen LogP) is 10.00. The van der Waals surface area contributed by atoms with Crippen LogP contribution in [-0.2, 0) is 32.7 Å². The van der Waals surface area contributed by atoms with Gasteiger partial charge in [0.15, 0.2) is 6.10 Å². The second-order valence-corrected chi connectivity index (χ2v) is 13.0. The Hall–Kier alpha value is -0.950. The smallest absolute Gasteiger partial charge is 0.462 e. The van der Waals surface area contributed by atoms with E-state index < -0.39 is 19.9 Å². The van der Waals surface area contributed by atoms with E-state index in [1.165, 1.54) is 103 Å². The molecule has 0 fully saturated rings. The molecule has 42 heavy (non-hydrogen) atoms. The van der Waals surface area contributed by atoms with Crippen LogP contribution in [-0.4, -0.2) is 42.8 Å². The number of unbranched alkanes of at least 4 members (excludes halogenated alkanes) is 20. The number of rotatable bonds is 32. The Morgan fingerprint density at radius 1 is 0.548 bits per heavy atom. The van der Waals surface area contributed by atoms with Crippen LogP contribution in [0.2, 0.25) is 0 Å². The van der Waals surface area contributed by atoms with E-state index in [9.17, 15) is 19.0 Å². The van der Waals surface area contributed by atoms with Crippen molar-refractivity contribution in [2.45, 2.75) is 181 Å². The summed E-state index contributed by atoms with van der Waals surface area (Å²) in [5.41, 5.74) is 0. The molecule has 1 N–H and O–H groups in total. The summed E-state index contributed by atoms with van der Waals surface area (Å²) in [7, 11) is -4.26. The molecule has 0 rings (SSSR count). The Kier molecular flexibility index (Phi) is 29.4. The minimum Gasteiger partial charge on any atom is -0.462 e. The number of esters is 2. The highest BCUT2D eigenvalue weighted by molar-refractivity contribution is 7.47. The van der Waals surface area contributed by atoms with Crippen molar-refractivity contribution in [1.29, 1.82) is 0 Å². The lowest BCUT2D eigenvalue weighted by molar-refractivity contribution is -0.161. The van der Waals surface area contributed by atoms with Crippen molar-refractivity contribution in [1.82, 2.24) is 0 Å². The van der Waals surface area contributed by atoms with Gasteiger partial charge in [0.1, 0.15) is 6.61 Å². The van der Waals surface area contributed by atoms with Crippen molar-refractivity contribution in [3.63, 3.8) is 0 Å². The Morgan fingerprint density at radius 2 is 0.929 bits per heavy atom. The van der Waals surface area contributed by atoms with Crippen molar-refractivity contribution in [3.05, 3.63) is 0 Å². The molecule has 0 aromatic carbocycles. The van der Waals surface area contributed by atoms with E-state index in [1.807, 2.05) is 0 Å². The summed E-state index contributed by atoms with van der Waals surface area (Å²) in [4.78, 5) is 34.4. The van der Waals surface area contributed by atoms with Gasteiger partial charge in [-0.15, -0.1) is 0 Å². The number of ether oxygens (including phenoxy) is 2. The van der Waals surface area contributed by atoms with E-state index in [0.29, 0.717) is 6.42 Å². The molecule has 0 spiro atoms. The molecule has 0 radical (unpaired) electrons. The van der Waals surface area contributed by atoms with Crippen LogP contribution >= 0.6 is 7.82 Å². The van der Waals surface area contributed by atoms with Crippen LogP contribution in [0.5, 0.6) is 0 Å². The second-order valence-electron chi connectivity index (χ2n) is 11.5. The average Bonchev–Trinajstić information content (AvgIpc) is 2.96. The molecule has 0 aliphatic heterocycles. The van der Waals surface area contributed by atoms with E-state index in [1.54, 1.807) is 6.92 Å². The molecule has 2 unspecified atom stereocenters. The van der Waals surface area contributed by atoms with Crippen molar-refractivity contribution >= 4 is 19.8 Å². The van der Waals surface area contributed by atoms with Crippen molar-refractivity contribution in [2.75, 3.05) is 19.8 Å². The Labute approximate surface area is 258 Å². The van der Waals surface area contributed by atoms with Crippen LogP contribution in [0, 0.1) is 0 Å². The van der Waals surface area contributed by atoms with Gasteiger partial charge in [-0.25, -0.2) is 4.57 Å². The largest absolute Gasteiger partial charge is 0.472 e. The number of carbonyl (C=O) groups excluding carboxylic acids is 2. The first kappa shape index (κ1) is 41.0. The fourth-order valence-corrected chi connectivity index (χ4v) is 5.62. The molecule has 0 saturated carbocycles. The lowest BCUT2D eigenvalue weighted by atomic mass is 10.0. The maximum Gasteiger partial charge on any atom is 0.472 e. The number of hydrogen-bond acceptors (Lipinski definition) is 7. The highest BCUT2D eigenvalue weighted by Gasteiger charge is 2.25. The molecule has 0 aliphatic rings. The van der Waals surface area contributed by atoms with E-state index in [2.05, 4.69) is 13.8 Å². The van der Waals surface area contributed by atoms with Gasteiger partial charge in [-0.2, -0.15) is 0 Å². The van der Waals surface area contributed by atoms with Gasteiger partial charge < -0.3 is 14.4 Å². The molecule has 0 amide bonds. The van der Waals surface area contributed by atoms with Gasteiger partial charge in [-0.05, 0) is 19.8 Å². The number of carbonyl (C=O) groups is 2. The first-order valence-corrected chi connectivity index (χ1v) is 18.8. The third-order valence-electron chi connectivity index (χ3n) is 7.41. The van der Waals surface area contributed by atoms with Gasteiger partial charge in [-0.1, -0.05) is 142 Å². The quantitative estimate of drug-likeness (QED) is 0.0450. The number of phosphoric acid groups is 1. The summed E-state index contributed by atoms with van der Waals surface area (Å²) in [5, 5.41) is 0. The lowest BCUT2D eigenvalue weighted by Crippen LogP contribution is -2.29. The topological polar surface area (TPSA) is 108 Å². The minimum atomic E-state index is -4.26. The summed E-state index contributed by atoms with van der Waals surface area (Å²) in [6, 6.07) is 0. The normalized spacial score (nSPS) is 13.5. The van der Waals surface area contributed by atoms with Gasteiger partial charge >= 0.3 is 19.8 Å². The van der Waals surface area contributed by atoms with Gasteiger partial charge in [0.05, 0.1) is 13.2 Å². The second kappa shape index (κ2) is 30.1. The number of hydrogen-bond donors (Lipinski definition) is 1. The van der Waals surface area contributed by atoms with Crippen LogP contribution in [0.3, 0.4) is 0 Å². The third-order valence-corrected chi connectivity index (χ3v) is 8.47. The summed E-state index contributed by atoms with van der Waals surface area (Å²) >= 11 is 0. The molecule has 9 heteroatoms. The maximum atomic E-state index is 12.4. The van der Waals surface area contributed by atoms with Crippen molar-refractivity contribution in [3.8, 4) is 0 Å². The zero-order chi connectivity index (χ0) is 31.2. The molecule has 0 aromatic rings. The van der Waals surface area contributed by atoms with E-state index in [4.69, 9.17) is 18.5 Å². The fourth-order valence-electron chi connectivity index (χ4n) is 4.86. The van der Waals surface area contributed by atoms with E-state index in [-0.39, 0.29) is 32.2 Å². The summed E-state index contributed by atoms with van der Waals surface area (Å²) in [5.74, 6) is -0.793. The van der Waals surface area contributed by atoms with E-state index >= 15 is 0 Å². The maximum absolute atomic E-state index is 12.4. The molecule has 0 aromatic heterocycles. The molecule has 0 aliphatic carbocycles. The predicted molar refractivity (Wildman–Crippen MR) is 170 cm³/mol. The summed E-state index contributed by atoms with van der Waals surface area (Å²) < 4.78 is 32.4. The first-order chi connectivity index (χ1) is 20.3. The van der Waals surface area contributed by atoms with Crippen LogP contribution in [0.1, 0.15) is 175 Å². The van der Waals surface area contributed by atoms with Crippen molar-refractivity contribution < 1.29 is 37.6 Å². The number of phosphoric ester groups is 1. The summed E-state index contributed by atoms with van der Waals surface area (Å²) in [6.07, 6.45) is 25.9. The van der Waals surface area contributed by atoms with Crippen LogP contribution < -0.4 is 0 Å².